The molecule has 0 aliphatic rings. The van der Waals surface area contributed by atoms with E-state index < -0.39 is 0 Å². The summed E-state index contributed by atoms with van der Waals surface area (Å²) in [4.78, 5) is 12.1. The second kappa shape index (κ2) is 5.65. The number of nitrogens with two attached hydrogens (primary N) is 1. The zero-order valence-electron chi connectivity index (χ0n) is 11.6. The van der Waals surface area contributed by atoms with Crippen LogP contribution in [0, 0.1) is 13.8 Å². The van der Waals surface area contributed by atoms with Crippen molar-refractivity contribution < 1.29 is 9.90 Å². The summed E-state index contributed by atoms with van der Waals surface area (Å²) in [5.74, 6) is -0.0375. The lowest BCUT2D eigenvalue weighted by Crippen LogP contribution is -2.23. The predicted molar refractivity (Wildman–Crippen MR) is 79.6 cm³/mol. The first-order chi connectivity index (χ1) is 9.47. The molecule has 4 N–H and O–H groups in total. The Morgan fingerprint density at radius 2 is 1.95 bits per heavy atom. The molecular weight excluding hydrogens is 252 g/mol. The number of benzene rings is 2. The Kier molecular flexibility index (Phi) is 3.94. The number of rotatable bonds is 3. The van der Waals surface area contributed by atoms with Crippen LogP contribution in [-0.2, 0) is 6.54 Å². The molecule has 0 aliphatic heterocycles. The summed E-state index contributed by atoms with van der Waals surface area (Å²) < 4.78 is 0. The molecule has 0 saturated carbocycles. The van der Waals surface area contributed by atoms with Crippen LogP contribution in [0.2, 0.25) is 0 Å². The lowest BCUT2D eigenvalue weighted by Gasteiger charge is -2.10. The summed E-state index contributed by atoms with van der Waals surface area (Å²) in [6, 6.07) is 10.5. The summed E-state index contributed by atoms with van der Waals surface area (Å²) in [6.07, 6.45) is 0. The van der Waals surface area contributed by atoms with E-state index in [1.54, 1.807) is 18.2 Å². The highest BCUT2D eigenvalue weighted by Gasteiger charge is 2.10. The number of hydrogen-bond donors (Lipinski definition) is 3. The summed E-state index contributed by atoms with van der Waals surface area (Å²) >= 11 is 0. The van der Waals surface area contributed by atoms with Gasteiger partial charge in [-0.15, -0.1) is 0 Å². The first kappa shape index (κ1) is 13.9. The fourth-order valence-corrected chi connectivity index (χ4v) is 2.09. The first-order valence-corrected chi connectivity index (χ1v) is 6.40. The van der Waals surface area contributed by atoms with Crippen LogP contribution < -0.4 is 11.1 Å². The van der Waals surface area contributed by atoms with Crippen molar-refractivity contribution in [3.8, 4) is 5.75 Å². The number of nitrogens with one attached hydrogen (secondary N) is 1. The fourth-order valence-electron chi connectivity index (χ4n) is 2.09. The van der Waals surface area contributed by atoms with Crippen molar-refractivity contribution in [2.45, 2.75) is 20.4 Å². The van der Waals surface area contributed by atoms with Gasteiger partial charge in [0.15, 0.2) is 0 Å². The lowest BCUT2D eigenvalue weighted by atomic mass is 10.1. The number of aryl methyl sites for hydroxylation is 2. The lowest BCUT2D eigenvalue weighted by molar-refractivity contribution is 0.0950. The molecule has 2 aromatic carbocycles. The van der Waals surface area contributed by atoms with Gasteiger partial charge in [0.25, 0.3) is 5.91 Å². The number of nitrogen functional groups attached to an aromatic ring is 1. The van der Waals surface area contributed by atoms with Gasteiger partial charge in [0.1, 0.15) is 5.75 Å². The van der Waals surface area contributed by atoms with Crippen molar-refractivity contribution in [2.24, 2.45) is 0 Å². The minimum Gasteiger partial charge on any atom is -0.508 e. The zero-order chi connectivity index (χ0) is 14.7. The van der Waals surface area contributed by atoms with Gasteiger partial charge < -0.3 is 16.2 Å². The quantitative estimate of drug-likeness (QED) is 0.592. The molecular formula is C16H18N2O2. The molecule has 104 valence electrons. The average molecular weight is 270 g/mol. The van der Waals surface area contributed by atoms with Crippen molar-refractivity contribution in [1.82, 2.24) is 5.32 Å². The second-order valence-corrected chi connectivity index (χ2v) is 4.89. The number of phenols is 1. The molecule has 0 bridgehead atoms. The largest absolute Gasteiger partial charge is 0.508 e. The Balaban J connectivity index is 2.10. The van der Waals surface area contributed by atoms with Crippen LogP contribution in [0.5, 0.6) is 5.75 Å². The van der Waals surface area contributed by atoms with E-state index in [0.29, 0.717) is 16.8 Å². The number of carbonyl (C=O) groups is 1. The maximum Gasteiger partial charge on any atom is 0.251 e. The van der Waals surface area contributed by atoms with Gasteiger partial charge in [-0.25, -0.2) is 0 Å². The molecule has 0 aliphatic carbocycles. The molecule has 0 fully saturated rings. The minimum absolute atomic E-state index is 0.125. The van der Waals surface area contributed by atoms with E-state index in [1.807, 2.05) is 26.0 Å². The fraction of sp³-hybridized carbons (Fsp3) is 0.188. The van der Waals surface area contributed by atoms with E-state index in [-0.39, 0.29) is 18.2 Å². The molecule has 0 heterocycles. The number of aromatic hydroxyl groups is 1. The summed E-state index contributed by atoms with van der Waals surface area (Å²) in [6.45, 7) is 4.13. The van der Waals surface area contributed by atoms with Gasteiger partial charge in [0.05, 0.1) is 0 Å². The van der Waals surface area contributed by atoms with E-state index >= 15 is 0 Å². The van der Waals surface area contributed by atoms with Crippen molar-refractivity contribution in [3.63, 3.8) is 0 Å². The molecule has 2 rings (SSSR count). The van der Waals surface area contributed by atoms with Gasteiger partial charge in [-0.1, -0.05) is 17.7 Å². The Labute approximate surface area is 118 Å². The highest BCUT2D eigenvalue weighted by atomic mass is 16.3. The van der Waals surface area contributed by atoms with E-state index in [1.165, 1.54) is 6.07 Å². The third kappa shape index (κ3) is 3.09. The van der Waals surface area contributed by atoms with Crippen LogP contribution in [0.25, 0.3) is 0 Å². The third-order valence-corrected chi connectivity index (χ3v) is 3.17. The van der Waals surface area contributed by atoms with Crippen LogP contribution in [-0.4, -0.2) is 11.0 Å². The Morgan fingerprint density at radius 3 is 2.65 bits per heavy atom. The minimum atomic E-state index is -0.163. The molecule has 2 aromatic rings. The standard InChI is InChI=1S/C16H18N2O2/c1-10-3-5-14(11(2)7-10)16(20)18-9-12-8-13(17)4-6-15(12)19/h3-8,19H,9,17H2,1-2H3,(H,18,20). The summed E-state index contributed by atoms with van der Waals surface area (Å²) in [5, 5.41) is 12.5. The van der Waals surface area contributed by atoms with Crippen molar-refractivity contribution in [2.75, 3.05) is 5.73 Å². The van der Waals surface area contributed by atoms with Gasteiger partial charge >= 0.3 is 0 Å². The smallest absolute Gasteiger partial charge is 0.251 e. The van der Waals surface area contributed by atoms with E-state index in [0.717, 1.165) is 11.1 Å². The Morgan fingerprint density at radius 1 is 1.20 bits per heavy atom. The topological polar surface area (TPSA) is 75.4 Å². The van der Waals surface area contributed by atoms with Crippen molar-refractivity contribution in [1.29, 1.82) is 0 Å². The van der Waals surface area contributed by atoms with Gasteiger partial charge in [-0.2, -0.15) is 0 Å². The molecule has 0 atom stereocenters. The van der Waals surface area contributed by atoms with Gasteiger partial charge in [-0.05, 0) is 43.7 Å². The maximum absolute atomic E-state index is 12.1. The number of carbonyl (C=O) groups excluding carboxylic acids is 1. The van der Waals surface area contributed by atoms with E-state index in [2.05, 4.69) is 5.32 Å². The van der Waals surface area contributed by atoms with Crippen molar-refractivity contribution in [3.05, 3.63) is 58.7 Å². The molecule has 20 heavy (non-hydrogen) atoms. The number of hydrogen-bond acceptors (Lipinski definition) is 3. The number of phenolic OH excluding ortho intramolecular Hbond substituents is 1. The molecule has 0 unspecified atom stereocenters. The molecule has 0 saturated heterocycles. The van der Waals surface area contributed by atoms with E-state index in [9.17, 15) is 9.90 Å². The molecule has 0 radical (unpaired) electrons. The highest BCUT2D eigenvalue weighted by molar-refractivity contribution is 5.95. The van der Waals surface area contributed by atoms with Gasteiger partial charge in [-0.3, -0.25) is 4.79 Å². The SMILES string of the molecule is Cc1ccc(C(=O)NCc2cc(N)ccc2O)c(C)c1. The number of anilines is 1. The summed E-state index contributed by atoms with van der Waals surface area (Å²) in [5.41, 5.74) is 9.50. The average Bonchev–Trinajstić information content (AvgIpc) is 2.39. The van der Waals surface area contributed by atoms with Crippen LogP contribution in [0.15, 0.2) is 36.4 Å². The van der Waals surface area contributed by atoms with Crippen LogP contribution >= 0.6 is 0 Å². The van der Waals surface area contributed by atoms with Gasteiger partial charge in [0, 0.05) is 23.4 Å². The van der Waals surface area contributed by atoms with Crippen LogP contribution in [0.1, 0.15) is 27.0 Å². The highest BCUT2D eigenvalue weighted by Crippen LogP contribution is 2.19. The zero-order valence-corrected chi connectivity index (χ0v) is 11.6. The van der Waals surface area contributed by atoms with Crippen LogP contribution in [0.3, 0.4) is 0 Å². The molecule has 4 nitrogen and oxygen atoms in total. The molecule has 1 amide bonds. The maximum atomic E-state index is 12.1. The number of amides is 1. The monoisotopic (exact) mass is 270 g/mol. The molecule has 0 aromatic heterocycles. The molecule has 0 spiro atoms. The summed E-state index contributed by atoms with van der Waals surface area (Å²) in [7, 11) is 0. The normalized spacial score (nSPS) is 10.3. The Bertz CT molecular complexity index is 651. The van der Waals surface area contributed by atoms with E-state index in [4.69, 9.17) is 5.73 Å². The predicted octanol–water partition coefficient (Wildman–Crippen LogP) is 2.52. The second-order valence-electron chi connectivity index (χ2n) is 4.89. The van der Waals surface area contributed by atoms with Crippen molar-refractivity contribution >= 4 is 11.6 Å². The van der Waals surface area contributed by atoms with Gasteiger partial charge in [0.2, 0.25) is 0 Å². The van der Waals surface area contributed by atoms with Crippen LogP contribution in [0.4, 0.5) is 5.69 Å². The third-order valence-electron chi connectivity index (χ3n) is 3.17. The molecule has 4 heteroatoms. The Hall–Kier alpha value is -2.49. The first-order valence-electron chi connectivity index (χ1n) is 6.40.